The first kappa shape index (κ1) is 19.7. The third-order valence-corrected chi connectivity index (χ3v) is 5.30. The average Bonchev–Trinajstić information content (AvgIpc) is 2.78. The fourth-order valence-corrected chi connectivity index (χ4v) is 3.86. The van der Waals surface area contributed by atoms with E-state index in [1.165, 1.54) is 0 Å². The Labute approximate surface area is 175 Å². The van der Waals surface area contributed by atoms with Gasteiger partial charge in [-0.25, -0.2) is 9.78 Å². The second-order valence-corrected chi connectivity index (χ2v) is 7.30. The molecule has 1 aromatic heterocycles. The normalized spacial score (nSPS) is 15.3. The van der Waals surface area contributed by atoms with Crippen molar-refractivity contribution in [3.8, 4) is 11.8 Å². The van der Waals surface area contributed by atoms with Gasteiger partial charge in [0.15, 0.2) is 6.10 Å². The topological polar surface area (TPSA) is 72.2 Å². The number of carbonyl (C=O) groups is 1. The number of ether oxygens (including phenoxy) is 2. The minimum Gasteiger partial charge on any atom is -0.497 e. The lowest BCUT2D eigenvalue weighted by Gasteiger charge is -2.22. The molecule has 0 N–H and O–H groups in total. The first-order valence-corrected chi connectivity index (χ1v) is 9.98. The molecular weight excluding hydrogens is 376 g/mol. The van der Waals surface area contributed by atoms with Crippen LogP contribution in [0.25, 0.3) is 22.6 Å². The molecule has 150 valence electrons. The molecule has 0 radical (unpaired) electrons. The van der Waals surface area contributed by atoms with Crippen LogP contribution in [0.4, 0.5) is 0 Å². The molecule has 2 aromatic carbocycles. The van der Waals surface area contributed by atoms with Crippen molar-refractivity contribution in [3.63, 3.8) is 0 Å². The molecule has 4 rings (SSSR count). The zero-order valence-electron chi connectivity index (χ0n) is 17.0. The first-order valence-electron chi connectivity index (χ1n) is 9.98. The van der Waals surface area contributed by atoms with Gasteiger partial charge in [-0.15, -0.1) is 0 Å². The predicted molar refractivity (Wildman–Crippen MR) is 116 cm³/mol. The van der Waals surface area contributed by atoms with Gasteiger partial charge in [-0.1, -0.05) is 30.3 Å². The summed E-state index contributed by atoms with van der Waals surface area (Å²) in [4.78, 5) is 17.9. The molecule has 1 aliphatic carbocycles. The van der Waals surface area contributed by atoms with Gasteiger partial charge in [0.2, 0.25) is 0 Å². The van der Waals surface area contributed by atoms with Crippen molar-refractivity contribution in [2.24, 2.45) is 0 Å². The minimum absolute atomic E-state index is 0.468. The van der Waals surface area contributed by atoms with Gasteiger partial charge in [-0.3, -0.25) is 0 Å². The maximum Gasteiger partial charge on any atom is 0.340 e. The van der Waals surface area contributed by atoms with Crippen LogP contribution in [0.3, 0.4) is 0 Å². The van der Waals surface area contributed by atoms with E-state index in [4.69, 9.17) is 19.7 Å². The minimum atomic E-state index is -0.807. The number of methoxy groups -OCH3 is 1. The summed E-state index contributed by atoms with van der Waals surface area (Å²) in [6, 6.07) is 17.4. The van der Waals surface area contributed by atoms with Crippen molar-refractivity contribution < 1.29 is 14.3 Å². The monoisotopic (exact) mass is 398 g/mol. The van der Waals surface area contributed by atoms with Crippen LogP contribution in [-0.4, -0.2) is 24.2 Å². The molecule has 3 aromatic rings. The van der Waals surface area contributed by atoms with Crippen LogP contribution in [-0.2, 0) is 11.2 Å². The molecule has 0 aliphatic heterocycles. The number of nitriles is 1. The summed E-state index contributed by atoms with van der Waals surface area (Å²) >= 11 is 0. The number of fused-ring (bicyclic) bond motifs is 2. The lowest BCUT2D eigenvalue weighted by atomic mass is 9.86. The van der Waals surface area contributed by atoms with Crippen LogP contribution in [0.1, 0.15) is 46.9 Å². The highest BCUT2D eigenvalue weighted by atomic mass is 16.5. The zero-order chi connectivity index (χ0) is 21.1. The van der Waals surface area contributed by atoms with Crippen molar-refractivity contribution in [1.29, 1.82) is 5.26 Å². The smallest absolute Gasteiger partial charge is 0.340 e. The highest BCUT2D eigenvalue weighted by Gasteiger charge is 2.26. The number of hydrogen-bond donors (Lipinski definition) is 0. The van der Waals surface area contributed by atoms with E-state index in [1.807, 2.05) is 54.6 Å². The largest absolute Gasteiger partial charge is 0.497 e. The van der Waals surface area contributed by atoms with E-state index in [0.717, 1.165) is 58.3 Å². The van der Waals surface area contributed by atoms with E-state index < -0.39 is 12.1 Å². The van der Waals surface area contributed by atoms with Crippen molar-refractivity contribution in [1.82, 2.24) is 4.98 Å². The first-order chi connectivity index (χ1) is 14.6. The molecule has 0 saturated heterocycles. The van der Waals surface area contributed by atoms with Crippen LogP contribution in [0.5, 0.6) is 5.75 Å². The lowest BCUT2D eigenvalue weighted by molar-refractivity contribution is 0.0436. The number of hydrogen-bond acceptors (Lipinski definition) is 5. The van der Waals surface area contributed by atoms with Crippen LogP contribution < -0.4 is 4.74 Å². The van der Waals surface area contributed by atoms with Gasteiger partial charge in [-0.05, 0) is 67.2 Å². The van der Waals surface area contributed by atoms with E-state index in [2.05, 4.69) is 6.08 Å². The van der Waals surface area contributed by atoms with Crippen molar-refractivity contribution in [3.05, 3.63) is 70.9 Å². The Morgan fingerprint density at radius 3 is 2.67 bits per heavy atom. The Balaban J connectivity index is 1.86. The van der Waals surface area contributed by atoms with E-state index >= 15 is 0 Å². The summed E-state index contributed by atoms with van der Waals surface area (Å²) in [5.74, 6) is 0.339. The summed E-state index contributed by atoms with van der Waals surface area (Å²) < 4.78 is 10.6. The van der Waals surface area contributed by atoms with Crippen LogP contribution in [0.15, 0.2) is 48.5 Å². The Morgan fingerprint density at radius 1 is 1.17 bits per heavy atom. The maximum atomic E-state index is 13.0. The Kier molecular flexibility index (Phi) is 5.49. The standard InChI is InChI=1S/C25H22N2O3/c1-16(15-26)30-25(28)23-20-7-3-4-9-22(20)27-24-18(6-5-8-21(23)24)14-17-10-12-19(29-2)13-11-17/h3-4,7,9-14,16H,5-6,8H2,1-2H3/b18-14+/t16-/m0/s1. The molecule has 0 spiro atoms. The molecule has 0 amide bonds. The molecule has 5 nitrogen and oxygen atoms in total. The van der Waals surface area contributed by atoms with Crippen LogP contribution >= 0.6 is 0 Å². The van der Waals surface area contributed by atoms with Crippen molar-refractivity contribution >= 4 is 28.5 Å². The highest BCUT2D eigenvalue weighted by Crippen LogP contribution is 2.36. The quantitative estimate of drug-likeness (QED) is 0.566. The van der Waals surface area contributed by atoms with Gasteiger partial charge in [0.1, 0.15) is 11.8 Å². The molecule has 1 atom stereocenters. The Bertz CT molecular complexity index is 1170. The number of rotatable bonds is 4. The number of benzene rings is 2. The number of nitrogens with zero attached hydrogens (tertiary/aromatic N) is 2. The van der Waals surface area contributed by atoms with Gasteiger partial charge in [0.25, 0.3) is 0 Å². The molecule has 5 heteroatoms. The molecule has 0 unspecified atom stereocenters. The Hall–Kier alpha value is -3.65. The second kappa shape index (κ2) is 8.38. The molecule has 0 saturated carbocycles. The van der Waals surface area contributed by atoms with Crippen molar-refractivity contribution in [2.75, 3.05) is 7.11 Å². The molecule has 1 aliphatic rings. The SMILES string of the molecule is COc1ccc(/C=C2\CCCc3c2nc2ccccc2c3C(=O)O[C@@H](C)C#N)cc1. The zero-order valence-corrected chi connectivity index (χ0v) is 17.0. The van der Waals surface area contributed by atoms with Crippen molar-refractivity contribution in [2.45, 2.75) is 32.3 Å². The van der Waals surface area contributed by atoms with E-state index in [1.54, 1.807) is 14.0 Å². The molecule has 1 heterocycles. The average molecular weight is 398 g/mol. The molecule has 30 heavy (non-hydrogen) atoms. The summed E-state index contributed by atoms with van der Waals surface area (Å²) in [5, 5.41) is 9.83. The summed E-state index contributed by atoms with van der Waals surface area (Å²) in [7, 11) is 1.65. The van der Waals surface area contributed by atoms with Crippen LogP contribution in [0, 0.1) is 11.3 Å². The van der Waals surface area contributed by atoms with E-state index in [9.17, 15) is 4.79 Å². The molecular formula is C25H22N2O3. The summed E-state index contributed by atoms with van der Waals surface area (Å²) in [5.41, 5.74) is 5.15. The van der Waals surface area contributed by atoms with Gasteiger partial charge in [-0.2, -0.15) is 5.26 Å². The number of aromatic nitrogens is 1. The lowest BCUT2D eigenvalue weighted by Crippen LogP contribution is -2.18. The van der Waals surface area contributed by atoms with Gasteiger partial charge >= 0.3 is 5.97 Å². The molecule has 0 bridgehead atoms. The van der Waals surface area contributed by atoms with E-state index in [0.29, 0.717) is 5.56 Å². The number of pyridine rings is 1. The van der Waals surface area contributed by atoms with Gasteiger partial charge < -0.3 is 9.47 Å². The fraction of sp³-hybridized carbons (Fsp3) is 0.240. The number of esters is 1. The third kappa shape index (κ3) is 3.77. The maximum absolute atomic E-state index is 13.0. The Morgan fingerprint density at radius 2 is 1.93 bits per heavy atom. The summed E-state index contributed by atoms with van der Waals surface area (Å²) in [6.45, 7) is 1.57. The molecule has 0 fully saturated rings. The van der Waals surface area contributed by atoms with Gasteiger partial charge in [0.05, 0.1) is 23.9 Å². The van der Waals surface area contributed by atoms with E-state index in [-0.39, 0.29) is 0 Å². The second-order valence-electron chi connectivity index (χ2n) is 7.30. The predicted octanol–water partition coefficient (Wildman–Crippen LogP) is 5.19. The van der Waals surface area contributed by atoms with Gasteiger partial charge in [0, 0.05) is 5.39 Å². The number of allylic oxidation sites excluding steroid dienone is 1. The van der Waals surface area contributed by atoms with Crippen LogP contribution in [0.2, 0.25) is 0 Å². The number of carbonyl (C=O) groups excluding carboxylic acids is 1. The number of para-hydroxylation sites is 1. The summed E-state index contributed by atoms with van der Waals surface area (Å²) in [6.07, 6.45) is 3.86. The highest BCUT2D eigenvalue weighted by molar-refractivity contribution is 6.06. The third-order valence-electron chi connectivity index (χ3n) is 5.30. The fourth-order valence-electron chi connectivity index (χ4n) is 3.86.